The van der Waals surface area contributed by atoms with Gasteiger partial charge in [-0.25, -0.2) is 9.97 Å². The lowest BCUT2D eigenvalue weighted by Crippen LogP contribution is -2.55. The standard InChI is InChI=1S/C21H20N6O2S/c28-14-8-27(9-14)21(29)11-1-3-15-17(6-11)30-20-18(15)19(22-10-23-20)25-13-2-4-16-12(5-13)7-24-26-16/h2,4-5,7,10-11,14,28H,1,3,6,8-9H2,(H,24,26)(H,22,23,25)/t11-/m0/s1. The fourth-order valence-corrected chi connectivity index (χ4v) is 5.73. The van der Waals surface area contributed by atoms with Gasteiger partial charge in [-0.1, -0.05) is 0 Å². The van der Waals surface area contributed by atoms with Gasteiger partial charge in [0.1, 0.15) is 17.0 Å². The summed E-state index contributed by atoms with van der Waals surface area (Å²) in [4.78, 5) is 25.7. The number of H-pyrrole nitrogens is 1. The Morgan fingerprint density at radius 1 is 1.30 bits per heavy atom. The highest BCUT2D eigenvalue weighted by Crippen LogP contribution is 2.41. The number of carbonyl (C=O) groups is 1. The van der Waals surface area contributed by atoms with Gasteiger partial charge in [0, 0.05) is 35.0 Å². The number of aliphatic hydroxyl groups is 1. The van der Waals surface area contributed by atoms with E-state index in [-0.39, 0.29) is 17.9 Å². The molecule has 9 heteroatoms. The van der Waals surface area contributed by atoms with Crippen LogP contribution in [0.25, 0.3) is 21.1 Å². The van der Waals surface area contributed by atoms with E-state index in [4.69, 9.17) is 0 Å². The van der Waals surface area contributed by atoms with Crippen molar-refractivity contribution in [3.05, 3.63) is 41.2 Å². The molecule has 0 unspecified atom stereocenters. The maximum Gasteiger partial charge on any atom is 0.226 e. The molecule has 0 spiro atoms. The van der Waals surface area contributed by atoms with Crippen LogP contribution in [0.4, 0.5) is 11.5 Å². The second kappa shape index (κ2) is 6.75. The van der Waals surface area contributed by atoms with Gasteiger partial charge in [-0.05, 0) is 43.0 Å². The SMILES string of the molecule is O=C([C@H]1CCc2c(sc3ncnc(Nc4ccc5[nH]ncc5c4)c23)C1)N1CC(O)C1. The van der Waals surface area contributed by atoms with Crippen LogP contribution in [0.5, 0.6) is 0 Å². The van der Waals surface area contributed by atoms with Crippen LogP contribution < -0.4 is 5.32 Å². The molecular weight excluding hydrogens is 400 g/mol. The number of fused-ring (bicyclic) bond motifs is 4. The zero-order valence-electron chi connectivity index (χ0n) is 16.1. The van der Waals surface area contributed by atoms with Crippen LogP contribution in [0.2, 0.25) is 0 Å². The third-order valence-corrected chi connectivity index (χ3v) is 7.23. The number of aromatic amines is 1. The number of hydrogen-bond acceptors (Lipinski definition) is 7. The van der Waals surface area contributed by atoms with E-state index >= 15 is 0 Å². The van der Waals surface area contributed by atoms with Gasteiger partial charge in [0.25, 0.3) is 0 Å². The fourth-order valence-electron chi connectivity index (χ4n) is 4.47. The fraction of sp³-hybridized carbons (Fsp3) is 0.333. The average molecular weight is 420 g/mol. The molecule has 1 aliphatic carbocycles. The van der Waals surface area contributed by atoms with E-state index in [2.05, 4.69) is 25.5 Å². The molecule has 4 aromatic rings. The summed E-state index contributed by atoms with van der Waals surface area (Å²) >= 11 is 1.66. The lowest BCUT2D eigenvalue weighted by molar-refractivity contribution is -0.146. The van der Waals surface area contributed by atoms with Gasteiger partial charge < -0.3 is 15.3 Å². The van der Waals surface area contributed by atoms with E-state index in [0.29, 0.717) is 13.1 Å². The van der Waals surface area contributed by atoms with Crippen LogP contribution in [0, 0.1) is 5.92 Å². The van der Waals surface area contributed by atoms with Crippen LogP contribution in [0.1, 0.15) is 16.9 Å². The highest BCUT2D eigenvalue weighted by atomic mass is 32.1. The largest absolute Gasteiger partial charge is 0.389 e. The van der Waals surface area contributed by atoms with E-state index in [0.717, 1.165) is 51.9 Å². The molecule has 1 saturated heterocycles. The van der Waals surface area contributed by atoms with Crippen molar-refractivity contribution in [2.45, 2.75) is 25.4 Å². The van der Waals surface area contributed by atoms with Gasteiger partial charge >= 0.3 is 0 Å². The third-order valence-electron chi connectivity index (χ3n) is 6.07. The quantitative estimate of drug-likeness (QED) is 0.470. The molecule has 1 amide bonds. The number of β-amino-alcohol motifs (C(OH)–C–C–N with tert-alkyl or cyclic N) is 1. The van der Waals surface area contributed by atoms with E-state index < -0.39 is 0 Å². The number of nitrogens with zero attached hydrogens (tertiary/aromatic N) is 4. The number of aromatic nitrogens is 4. The molecule has 0 bridgehead atoms. The summed E-state index contributed by atoms with van der Waals surface area (Å²) in [5.74, 6) is 0.961. The van der Waals surface area contributed by atoms with Gasteiger partial charge in [-0.3, -0.25) is 9.89 Å². The summed E-state index contributed by atoms with van der Waals surface area (Å²) in [6, 6.07) is 6.04. The Morgan fingerprint density at radius 3 is 3.07 bits per heavy atom. The van der Waals surface area contributed by atoms with Crippen LogP contribution in [-0.2, 0) is 17.6 Å². The second-order valence-electron chi connectivity index (χ2n) is 8.04. The maximum absolute atomic E-state index is 12.7. The molecule has 0 radical (unpaired) electrons. The maximum atomic E-state index is 12.7. The highest BCUT2D eigenvalue weighted by Gasteiger charge is 2.36. The summed E-state index contributed by atoms with van der Waals surface area (Å²) in [7, 11) is 0. The van der Waals surface area contributed by atoms with Crippen molar-refractivity contribution in [3.63, 3.8) is 0 Å². The highest BCUT2D eigenvalue weighted by molar-refractivity contribution is 7.19. The monoisotopic (exact) mass is 420 g/mol. The van der Waals surface area contributed by atoms with E-state index in [9.17, 15) is 9.90 Å². The molecule has 8 nitrogen and oxygen atoms in total. The minimum absolute atomic E-state index is 0.00840. The Hall–Kier alpha value is -3.04. The predicted octanol–water partition coefficient (Wildman–Crippen LogP) is 2.62. The van der Waals surface area contributed by atoms with Gasteiger partial charge in [-0.15, -0.1) is 11.3 Å². The predicted molar refractivity (Wildman–Crippen MR) is 115 cm³/mol. The van der Waals surface area contributed by atoms with Crippen molar-refractivity contribution in [2.24, 2.45) is 5.92 Å². The second-order valence-corrected chi connectivity index (χ2v) is 9.12. The first-order valence-electron chi connectivity index (χ1n) is 10.1. The zero-order chi connectivity index (χ0) is 20.2. The number of rotatable bonds is 3. The first-order valence-corrected chi connectivity index (χ1v) is 10.9. The van der Waals surface area contributed by atoms with Gasteiger partial charge in [-0.2, -0.15) is 5.10 Å². The molecular formula is C21H20N6O2S. The molecule has 3 aromatic heterocycles. The lowest BCUT2D eigenvalue weighted by atomic mass is 9.86. The molecule has 4 heterocycles. The molecule has 0 saturated carbocycles. The summed E-state index contributed by atoms with van der Waals surface area (Å²) in [5, 5.41) is 22.1. The molecule has 3 N–H and O–H groups in total. The van der Waals surface area contributed by atoms with Crippen LogP contribution >= 0.6 is 11.3 Å². The summed E-state index contributed by atoms with van der Waals surface area (Å²) in [6.07, 6.45) is 5.43. The van der Waals surface area contributed by atoms with Crippen molar-refractivity contribution in [3.8, 4) is 0 Å². The molecule has 1 aliphatic heterocycles. The number of anilines is 2. The normalized spacial score (nSPS) is 19.1. The topological polar surface area (TPSA) is 107 Å². The van der Waals surface area contributed by atoms with Crippen molar-refractivity contribution < 1.29 is 9.90 Å². The minimum Gasteiger partial charge on any atom is -0.389 e. The van der Waals surface area contributed by atoms with E-state index in [1.165, 1.54) is 10.4 Å². The number of nitrogens with one attached hydrogen (secondary N) is 2. The average Bonchev–Trinajstić information content (AvgIpc) is 3.34. The van der Waals surface area contributed by atoms with Gasteiger partial charge in [0.2, 0.25) is 5.91 Å². The first-order chi connectivity index (χ1) is 14.7. The molecule has 1 aromatic carbocycles. The number of benzene rings is 1. The Morgan fingerprint density at radius 2 is 2.20 bits per heavy atom. The number of hydrogen-bond donors (Lipinski definition) is 3. The Balaban J connectivity index is 1.31. The molecule has 6 rings (SSSR count). The third kappa shape index (κ3) is 2.85. The van der Waals surface area contributed by atoms with Crippen LogP contribution in [-0.4, -0.2) is 55.3 Å². The summed E-state index contributed by atoms with van der Waals surface area (Å²) in [6.45, 7) is 0.935. The Kier molecular flexibility index (Phi) is 4.00. The van der Waals surface area contributed by atoms with Crippen LogP contribution in [0.3, 0.4) is 0 Å². The van der Waals surface area contributed by atoms with Crippen molar-refractivity contribution in [2.75, 3.05) is 18.4 Å². The van der Waals surface area contributed by atoms with Gasteiger partial charge in [0.05, 0.1) is 23.2 Å². The number of amides is 1. The minimum atomic E-state index is -0.359. The zero-order valence-corrected chi connectivity index (χ0v) is 16.9. The Labute approximate surface area is 176 Å². The molecule has 152 valence electrons. The van der Waals surface area contributed by atoms with Crippen LogP contribution in [0.15, 0.2) is 30.7 Å². The van der Waals surface area contributed by atoms with Crippen molar-refractivity contribution >= 4 is 49.9 Å². The van der Waals surface area contributed by atoms with Crippen molar-refractivity contribution in [1.82, 2.24) is 25.1 Å². The number of aryl methyl sites for hydroxylation is 1. The van der Waals surface area contributed by atoms with E-state index in [1.807, 2.05) is 18.2 Å². The number of likely N-dealkylation sites (tertiary alicyclic amines) is 1. The number of aliphatic hydroxyl groups excluding tert-OH is 1. The lowest BCUT2D eigenvalue weighted by Gasteiger charge is -2.38. The van der Waals surface area contributed by atoms with Gasteiger partial charge in [0.15, 0.2) is 0 Å². The van der Waals surface area contributed by atoms with E-state index in [1.54, 1.807) is 28.8 Å². The van der Waals surface area contributed by atoms with Crippen molar-refractivity contribution in [1.29, 1.82) is 0 Å². The first kappa shape index (κ1) is 17.8. The number of thiophene rings is 1. The summed E-state index contributed by atoms with van der Waals surface area (Å²) in [5.41, 5.74) is 3.20. The summed E-state index contributed by atoms with van der Waals surface area (Å²) < 4.78 is 0. The smallest absolute Gasteiger partial charge is 0.226 e. The Bertz CT molecular complexity index is 1280. The molecule has 1 fully saturated rings. The molecule has 30 heavy (non-hydrogen) atoms. The molecule has 1 atom stereocenters. The molecule has 2 aliphatic rings. The number of carbonyl (C=O) groups excluding carboxylic acids is 1.